The Kier molecular flexibility index (Phi) is 9.82. The van der Waals surface area contributed by atoms with Gasteiger partial charge in [-0.2, -0.15) is 10.2 Å². The smallest absolute Gasteiger partial charge is 0.212 e. The van der Waals surface area contributed by atoms with Crippen molar-refractivity contribution in [2.45, 2.75) is 73.3 Å². The molecule has 11 nitrogen and oxygen atoms in total. The van der Waals surface area contributed by atoms with Gasteiger partial charge in [0.05, 0.1) is 38.5 Å². The summed E-state index contributed by atoms with van der Waals surface area (Å²) in [6.45, 7) is 5.28. The summed E-state index contributed by atoms with van der Waals surface area (Å²) in [5.41, 5.74) is 3.33. The lowest BCUT2D eigenvalue weighted by Crippen LogP contribution is -2.53. The molecule has 2 saturated heterocycles. The summed E-state index contributed by atoms with van der Waals surface area (Å²) in [7, 11) is 0. The van der Waals surface area contributed by atoms with E-state index in [2.05, 4.69) is 20.2 Å². The molecule has 4 heterocycles. The first-order valence-corrected chi connectivity index (χ1v) is 18.7. The fraction of sp³-hybridized carbons (Fsp3) is 0.368. The number of nitrogens with zero attached hydrogens (tertiary/aromatic N) is 6. The summed E-state index contributed by atoms with van der Waals surface area (Å²) in [5.74, 6) is -1.12. The van der Waals surface area contributed by atoms with E-state index in [1.54, 1.807) is 34.2 Å². The molecule has 0 bridgehead atoms. The van der Waals surface area contributed by atoms with E-state index in [9.17, 15) is 0 Å². The van der Waals surface area contributed by atoms with Crippen LogP contribution in [0.1, 0.15) is 37.8 Å². The SMILES string of the molecule is CC1COC(Cn2cncn2)(C2(Cl)C=CC(c3cc(Cl)ccc3Oc3ccc(Cl)cc3C3=CCC(Cl)(C4(Cn5cncn5)OCC(C)O4)C=C3)=CC2)O1. The molecule has 6 unspecified atom stereocenters. The van der Waals surface area contributed by atoms with Crippen LogP contribution in [-0.2, 0) is 32.0 Å². The van der Waals surface area contributed by atoms with Crippen molar-refractivity contribution >= 4 is 57.5 Å². The highest BCUT2D eigenvalue weighted by Gasteiger charge is 2.57. The lowest BCUT2D eigenvalue weighted by molar-refractivity contribution is -0.194. The Hall–Kier alpha value is -3.52. The monoisotopic (exact) mass is 796 g/mol. The van der Waals surface area contributed by atoms with Crippen LogP contribution in [0.2, 0.25) is 10.0 Å². The molecule has 2 fully saturated rings. The van der Waals surface area contributed by atoms with Gasteiger partial charge in [0.1, 0.15) is 46.6 Å². The van der Waals surface area contributed by atoms with Crippen LogP contribution in [-0.4, -0.2) is 76.3 Å². The summed E-state index contributed by atoms with van der Waals surface area (Å²) in [6, 6.07) is 11.0. The number of allylic oxidation sites excluding steroid dienone is 6. The third kappa shape index (κ3) is 6.98. The fourth-order valence-electron chi connectivity index (χ4n) is 7.16. The van der Waals surface area contributed by atoms with E-state index >= 15 is 0 Å². The second-order valence-corrected chi connectivity index (χ2v) is 15.9. The van der Waals surface area contributed by atoms with Crippen molar-refractivity contribution in [2.24, 2.45) is 0 Å². The molecule has 4 aliphatic rings. The molecule has 276 valence electrons. The minimum Gasteiger partial charge on any atom is -0.456 e. The first-order valence-electron chi connectivity index (χ1n) is 17.2. The van der Waals surface area contributed by atoms with E-state index < -0.39 is 21.3 Å². The highest BCUT2D eigenvalue weighted by atomic mass is 35.5. The zero-order valence-electron chi connectivity index (χ0n) is 28.9. The molecule has 0 N–H and O–H groups in total. The number of hydrogen-bond acceptors (Lipinski definition) is 9. The summed E-state index contributed by atoms with van der Waals surface area (Å²) in [6.07, 6.45) is 18.5. The third-order valence-corrected chi connectivity index (χ3v) is 11.4. The molecule has 0 saturated carbocycles. The van der Waals surface area contributed by atoms with Crippen LogP contribution in [0.15, 0.2) is 98.2 Å². The van der Waals surface area contributed by atoms with Gasteiger partial charge in [-0.1, -0.05) is 59.7 Å². The molecular formula is C38H36Cl4N6O5. The lowest BCUT2D eigenvalue weighted by Gasteiger charge is -2.41. The number of hydrogen-bond donors (Lipinski definition) is 0. The Balaban J connectivity index is 1.06. The quantitative estimate of drug-likeness (QED) is 0.147. The molecule has 0 radical (unpaired) electrons. The average molecular weight is 799 g/mol. The number of alkyl halides is 2. The molecule has 6 atom stereocenters. The molecule has 15 heteroatoms. The first kappa shape index (κ1) is 36.5. The predicted molar refractivity (Wildman–Crippen MR) is 202 cm³/mol. The van der Waals surface area contributed by atoms with Gasteiger partial charge < -0.3 is 23.7 Å². The van der Waals surface area contributed by atoms with Crippen molar-refractivity contribution in [3.8, 4) is 11.5 Å². The van der Waals surface area contributed by atoms with Gasteiger partial charge in [0.15, 0.2) is 0 Å². The van der Waals surface area contributed by atoms with Crippen LogP contribution >= 0.6 is 46.4 Å². The standard InChI is InChI=1S/C38H36Cl4N6O5/c1-25-17-49-37(52-25,19-47-23-43-21-45-47)35(41)11-7-27(8-12-35)31-15-29(39)3-5-33(31)51-34-6-4-30(40)16-32(34)28-9-13-36(42,14-10-28)38(50-18-26(2)53-38)20-48-24-44-22-46-48/h3-11,13,15-16,21-26H,12,14,17-20H2,1-2H3. The van der Waals surface area contributed by atoms with E-state index in [1.807, 2.05) is 74.6 Å². The minimum absolute atomic E-state index is 0.141. The normalized spacial score (nSPS) is 31.1. The summed E-state index contributed by atoms with van der Waals surface area (Å²) >= 11 is 27.8. The van der Waals surface area contributed by atoms with Crippen LogP contribution < -0.4 is 4.74 Å². The van der Waals surface area contributed by atoms with E-state index in [1.165, 1.54) is 12.7 Å². The number of benzene rings is 2. The van der Waals surface area contributed by atoms with Crippen molar-refractivity contribution in [1.29, 1.82) is 0 Å². The maximum atomic E-state index is 7.35. The number of ether oxygens (including phenoxy) is 5. The summed E-state index contributed by atoms with van der Waals surface area (Å²) in [5, 5.41) is 9.65. The maximum absolute atomic E-state index is 7.35. The van der Waals surface area contributed by atoms with E-state index in [0.717, 1.165) is 22.3 Å². The van der Waals surface area contributed by atoms with E-state index in [-0.39, 0.29) is 25.3 Å². The number of halogens is 4. The molecule has 2 aromatic carbocycles. The predicted octanol–water partition coefficient (Wildman–Crippen LogP) is 8.27. The van der Waals surface area contributed by atoms with Gasteiger partial charge in [-0.25, -0.2) is 19.3 Å². The Morgan fingerprint density at radius 1 is 0.717 bits per heavy atom. The number of rotatable bonds is 10. The second-order valence-electron chi connectivity index (χ2n) is 13.7. The van der Waals surface area contributed by atoms with Crippen LogP contribution in [0.25, 0.3) is 11.1 Å². The van der Waals surface area contributed by atoms with E-state index in [4.69, 9.17) is 70.1 Å². The van der Waals surface area contributed by atoms with Gasteiger partial charge in [-0.05, 0) is 74.2 Å². The van der Waals surface area contributed by atoms with Gasteiger partial charge in [0, 0.05) is 21.2 Å². The van der Waals surface area contributed by atoms with Crippen LogP contribution in [0, 0.1) is 0 Å². The van der Waals surface area contributed by atoms with E-state index in [0.29, 0.717) is 47.6 Å². The molecule has 0 spiro atoms. The molecule has 53 heavy (non-hydrogen) atoms. The molecule has 2 aliphatic heterocycles. The number of aromatic nitrogens is 6. The van der Waals surface area contributed by atoms with Crippen molar-refractivity contribution in [3.63, 3.8) is 0 Å². The van der Waals surface area contributed by atoms with Crippen molar-refractivity contribution in [1.82, 2.24) is 29.5 Å². The summed E-state index contributed by atoms with van der Waals surface area (Å²) < 4.78 is 35.3. The summed E-state index contributed by atoms with van der Waals surface area (Å²) in [4.78, 5) is 6.11. The average Bonchev–Trinajstić information content (AvgIpc) is 3.98. The first-order chi connectivity index (χ1) is 25.5. The largest absolute Gasteiger partial charge is 0.456 e. The van der Waals surface area contributed by atoms with Crippen molar-refractivity contribution < 1.29 is 23.7 Å². The topological polar surface area (TPSA) is 108 Å². The Labute approximate surface area is 326 Å². The van der Waals surface area contributed by atoms with Gasteiger partial charge in [-0.3, -0.25) is 0 Å². The van der Waals surface area contributed by atoms with Crippen molar-refractivity contribution in [3.05, 3.63) is 119 Å². The van der Waals surface area contributed by atoms with Gasteiger partial charge in [-0.15, -0.1) is 23.2 Å². The molecule has 0 amide bonds. The van der Waals surface area contributed by atoms with Crippen LogP contribution in [0.3, 0.4) is 0 Å². The van der Waals surface area contributed by atoms with Crippen LogP contribution in [0.4, 0.5) is 0 Å². The second kappa shape index (κ2) is 14.3. The highest BCUT2D eigenvalue weighted by molar-refractivity contribution is 6.31. The van der Waals surface area contributed by atoms with Crippen molar-refractivity contribution in [2.75, 3.05) is 13.2 Å². The Bertz CT molecular complexity index is 1960. The third-order valence-electron chi connectivity index (χ3n) is 9.84. The fourth-order valence-corrected chi connectivity index (χ4v) is 8.10. The molecule has 2 aliphatic carbocycles. The highest BCUT2D eigenvalue weighted by Crippen LogP contribution is 2.49. The Morgan fingerprint density at radius 3 is 1.51 bits per heavy atom. The zero-order chi connectivity index (χ0) is 36.8. The molecular weight excluding hydrogens is 762 g/mol. The minimum atomic E-state index is -1.15. The molecule has 4 aromatic rings. The van der Waals surface area contributed by atoms with Gasteiger partial charge >= 0.3 is 0 Å². The Morgan fingerprint density at radius 2 is 1.17 bits per heavy atom. The maximum Gasteiger partial charge on any atom is 0.212 e. The van der Waals surface area contributed by atoms with Gasteiger partial charge in [0.25, 0.3) is 0 Å². The lowest BCUT2D eigenvalue weighted by atomic mass is 9.85. The van der Waals surface area contributed by atoms with Crippen LogP contribution in [0.5, 0.6) is 11.5 Å². The zero-order valence-corrected chi connectivity index (χ0v) is 31.9. The van der Waals surface area contributed by atoms with Gasteiger partial charge in [0.2, 0.25) is 11.6 Å². The molecule has 2 aromatic heterocycles. The molecule has 8 rings (SSSR count).